The maximum Gasteiger partial charge on any atom is 0.219 e. The summed E-state index contributed by atoms with van der Waals surface area (Å²) in [5.74, 6) is 1.53. The van der Waals surface area contributed by atoms with Crippen molar-refractivity contribution in [2.75, 3.05) is 6.54 Å². The van der Waals surface area contributed by atoms with Crippen LogP contribution in [0.2, 0.25) is 0 Å². The van der Waals surface area contributed by atoms with Crippen molar-refractivity contribution in [2.24, 2.45) is 11.8 Å². The van der Waals surface area contributed by atoms with E-state index in [1.165, 1.54) is 0 Å². The summed E-state index contributed by atoms with van der Waals surface area (Å²) >= 11 is 0. The molecule has 0 unspecified atom stereocenters. The maximum atomic E-state index is 10.6. The van der Waals surface area contributed by atoms with Crippen molar-refractivity contribution in [3.05, 3.63) is 0 Å². The van der Waals surface area contributed by atoms with Gasteiger partial charge in [0, 0.05) is 14.4 Å². The highest BCUT2D eigenvalue weighted by Gasteiger charge is 1.96. The minimum atomic E-state index is 0. The summed E-state index contributed by atoms with van der Waals surface area (Å²) in [6.45, 7) is 13.3. The maximum absolute atomic E-state index is 10.6. The summed E-state index contributed by atoms with van der Waals surface area (Å²) in [4.78, 5) is 10.6. The molecule has 0 heterocycles. The van der Waals surface area contributed by atoms with E-state index in [-0.39, 0.29) is 7.33 Å². The number of rotatable bonds is 3. The number of carbonyl (C=O) groups is 1. The van der Waals surface area contributed by atoms with Crippen LogP contribution in [0.15, 0.2) is 0 Å². The van der Waals surface area contributed by atoms with Crippen molar-refractivity contribution < 1.29 is 6.22 Å². The standard InChI is InChI=1S/C7H15NO.C4H10.H2/c1-4-7(9)8-5-6(2)3;1-4(2)3;/h6H,4-5H2,1-3H3,(H,8,9);4H,1-3H3;1H. The molecular weight excluding hydrogens is 162 g/mol. The van der Waals surface area contributed by atoms with Crippen molar-refractivity contribution in [3.63, 3.8) is 0 Å². The van der Waals surface area contributed by atoms with E-state index in [4.69, 9.17) is 0 Å². The molecule has 0 spiro atoms. The van der Waals surface area contributed by atoms with Gasteiger partial charge in [0.15, 0.2) is 0 Å². The van der Waals surface area contributed by atoms with E-state index >= 15 is 0 Å². The molecule has 0 aliphatic rings. The molecule has 82 valence electrons. The fourth-order valence-corrected chi connectivity index (χ4v) is 0.443. The molecule has 0 bridgehead atoms. The molecule has 0 saturated heterocycles. The molecule has 0 atom stereocenters. The lowest BCUT2D eigenvalue weighted by Crippen LogP contribution is -2.26. The van der Waals surface area contributed by atoms with Gasteiger partial charge in [-0.2, -0.15) is 0 Å². The Morgan fingerprint density at radius 2 is 1.62 bits per heavy atom. The number of hydrogen-bond acceptors (Lipinski definition) is 1. The predicted octanol–water partition coefficient (Wildman–Crippen LogP) is 3.08. The number of carbonyl (C=O) groups excluding carboxylic acids is 1. The van der Waals surface area contributed by atoms with E-state index in [0.717, 1.165) is 12.5 Å². The fraction of sp³-hybridized carbons (Fsp3) is 0.909. The normalized spacial score (nSPS) is 9.54. The van der Waals surface area contributed by atoms with E-state index in [2.05, 4.69) is 39.9 Å². The first-order chi connectivity index (χ1) is 5.90. The SMILES string of the molecule is CC(C)C.CCC(=O)NCC(C)C.[HH]. The van der Waals surface area contributed by atoms with Crippen molar-refractivity contribution >= 4 is 5.91 Å². The minimum Gasteiger partial charge on any atom is -0.356 e. The second-order valence-electron chi connectivity index (χ2n) is 4.28. The minimum absolute atomic E-state index is 0. The Balaban J connectivity index is -0.000000209. The highest BCUT2D eigenvalue weighted by atomic mass is 16.1. The van der Waals surface area contributed by atoms with E-state index in [1.54, 1.807) is 0 Å². The van der Waals surface area contributed by atoms with Gasteiger partial charge in [-0.3, -0.25) is 4.79 Å². The molecule has 0 aromatic carbocycles. The van der Waals surface area contributed by atoms with Gasteiger partial charge in [0.05, 0.1) is 0 Å². The van der Waals surface area contributed by atoms with Crippen molar-refractivity contribution in [2.45, 2.75) is 48.0 Å². The zero-order chi connectivity index (χ0) is 10.9. The molecule has 0 aromatic rings. The van der Waals surface area contributed by atoms with Gasteiger partial charge in [0.25, 0.3) is 0 Å². The third kappa shape index (κ3) is 24.6. The Labute approximate surface area is 84.6 Å². The van der Waals surface area contributed by atoms with Crippen LogP contribution in [-0.4, -0.2) is 12.5 Å². The topological polar surface area (TPSA) is 29.1 Å². The Kier molecular flexibility index (Phi) is 11.0. The molecule has 0 aliphatic heterocycles. The molecule has 0 aromatic heterocycles. The summed E-state index contributed by atoms with van der Waals surface area (Å²) in [5, 5.41) is 2.79. The number of hydrogen-bond donors (Lipinski definition) is 1. The van der Waals surface area contributed by atoms with E-state index in [1.807, 2.05) is 6.92 Å². The van der Waals surface area contributed by atoms with Crippen LogP contribution < -0.4 is 5.32 Å². The molecule has 2 heteroatoms. The molecule has 0 rings (SSSR count). The zero-order valence-electron chi connectivity index (χ0n) is 9.98. The van der Waals surface area contributed by atoms with Crippen LogP contribution in [0.5, 0.6) is 0 Å². The Morgan fingerprint density at radius 1 is 1.23 bits per heavy atom. The third-order valence-electron chi connectivity index (χ3n) is 1.03. The van der Waals surface area contributed by atoms with E-state index in [9.17, 15) is 4.79 Å². The zero-order valence-corrected chi connectivity index (χ0v) is 9.98. The third-order valence-corrected chi connectivity index (χ3v) is 1.03. The summed E-state index contributed by atoms with van der Waals surface area (Å²) < 4.78 is 0. The van der Waals surface area contributed by atoms with Crippen LogP contribution in [0.1, 0.15) is 49.4 Å². The number of nitrogens with one attached hydrogen (secondary N) is 1. The first kappa shape index (κ1) is 15.0. The monoisotopic (exact) mass is 189 g/mol. The van der Waals surface area contributed by atoms with Gasteiger partial charge in [-0.05, 0) is 11.8 Å². The Morgan fingerprint density at radius 3 is 1.85 bits per heavy atom. The fourth-order valence-electron chi connectivity index (χ4n) is 0.443. The average molecular weight is 189 g/mol. The van der Waals surface area contributed by atoms with Crippen molar-refractivity contribution in [1.82, 2.24) is 5.32 Å². The van der Waals surface area contributed by atoms with Crippen LogP contribution in [0.4, 0.5) is 0 Å². The molecule has 1 N–H and O–H groups in total. The van der Waals surface area contributed by atoms with Crippen LogP contribution in [0, 0.1) is 11.8 Å². The van der Waals surface area contributed by atoms with Gasteiger partial charge in [0.2, 0.25) is 5.91 Å². The van der Waals surface area contributed by atoms with E-state index < -0.39 is 0 Å². The van der Waals surface area contributed by atoms with Crippen molar-refractivity contribution in [3.8, 4) is 0 Å². The van der Waals surface area contributed by atoms with Gasteiger partial charge in [-0.25, -0.2) is 0 Å². The van der Waals surface area contributed by atoms with Crippen LogP contribution >= 0.6 is 0 Å². The summed E-state index contributed by atoms with van der Waals surface area (Å²) in [6, 6.07) is 0. The summed E-state index contributed by atoms with van der Waals surface area (Å²) in [7, 11) is 0. The van der Waals surface area contributed by atoms with Crippen molar-refractivity contribution in [1.29, 1.82) is 0 Å². The van der Waals surface area contributed by atoms with E-state index in [0.29, 0.717) is 12.3 Å². The largest absolute Gasteiger partial charge is 0.356 e. The van der Waals surface area contributed by atoms with Crippen LogP contribution in [0.25, 0.3) is 0 Å². The quantitative estimate of drug-likeness (QED) is 0.726. The lowest BCUT2D eigenvalue weighted by atomic mass is 10.2. The smallest absolute Gasteiger partial charge is 0.219 e. The lowest BCUT2D eigenvalue weighted by Gasteiger charge is -2.04. The highest BCUT2D eigenvalue weighted by Crippen LogP contribution is 1.87. The second kappa shape index (κ2) is 9.56. The lowest BCUT2D eigenvalue weighted by molar-refractivity contribution is -0.120. The molecule has 2 nitrogen and oxygen atoms in total. The average Bonchev–Trinajstić information content (AvgIpc) is 1.99. The molecule has 0 aliphatic carbocycles. The Bertz CT molecular complexity index is 122. The first-order valence-electron chi connectivity index (χ1n) is 5.16. The highest BCUT2D eigenvalue weighted by molar-refractivity contribution is 5.75. The van der Waals surface area contributed by atoms with Crippen LogP contribution in [-0.2, 0) is 4.79 Å². The molecule has 0 fully saturated rings. The molecule has 1 amide bonds. The Hall–Kier alpha value is -0.530. The molecular formula is C11H27NO. The summed E-state index contributed by atoms with van der Waals surface area (Å²) in [5.41, 5.74) is 0. The van der Waals surface area contributed by atoms with Gasteiger partial charge in [-0.1, -0.05) is 41.5 Å². The van der Waals surface area contributed by atoms with Gasteiger partial charge < -0.3 is 5.32 Å². The van der Waals surface area contributed by atoms with Crippen LogP contribution in [0.3, 0.4) is 0 Å². The first-order valence-corrected chi connectivity index (χ1v) is 5.16. The molecule has 0 radical (unpaired) electrons. The summed E-state index contributed by atoms with van der Waals surface area (Å²) in [6.07, 6.45) is 0.590. The molecule has 0 saturated carbocycles. The molecule has 13 heavy (non-hydrogen) atoms. The second-order valence-corrected chi connectivity index (χ2v) is 4.28. The van der Waals surface area contributed by atoms with Gasteiger partial charge in [-0.15, -0.1) is 0 Å². The van der Waals surface area contributed by atoms with Gasteiger partial charge >= 0.3 is 0 Å². The number of amides is 1. The van der Waals surface area contributed by atoms with Gasteiger partial charge in [0.1, 0.15) is 0 Å². The predicted molar refractivity (Wildman–Crippen MR) is 60.8 cm³/mol.